The monoisotopic (exact) mass is 406 g/mol. The molecule has 0 amide bonds. The molecule has 160 valence electrons. The number of hydrogen-bond donors (Lipinski definition) is 0. The molecule has 0 aliphatic heterocycles. The summed E-state index contributed by atoms with van der Waals surface area (Å²) in [4.78, 5) is 11.7. The minimum absolute atomic E-state index is 0.0471. The van der Waals surface area contributed by atoms with Gasteiger partial charge in [-0.15, -0.1) is 0 Å². The van der Waals surface area contributed by atoms with Gasteiger partial charge >= 0.3 is 5.97 Å². The largest absolute Gasteiger partial charge is 0.494 e. The standard InChI is InChI=1S/C27H34O3/c1-2-29-27(28)21-24-11-6-10-22(13-14-24)12-7-19-30-26-17-15-25(16-18-26)20-23-8-4-3-5-9-23/h3-5,8-10,15-18,24H,2,6-7,11-14,19-21H2,1H3. The molecule has 0 radical (unpaired) electrons. The maximum atomic E-state index is 11.7. The van der Waals surface area contributed by atoms with Gasteiger partial charge in [-0.05, 0) is 81.0 Å². The first-order valence-corrected chi connectivity index (χ1v) is 11.3. The van der Waals surface area contributed by atoms with E-state index in [0.29, 0.717) is 18.9 Å². The molecule has 0 fully saturated rings. The van der Waals surface area contributed by atoms with Crippen LogP contribution in [0.1, 0.15) is 63.0 Å². The van der Waals surface area contributed by atoms with Gasteiger partial charge in [0.25, 0.3) is 0 Å². The molecule has 3 heteroatoms. The summed E-state index contributed by atoms with van der Waals surface area (Å²) in [7, 11) is 0. The van der Waals surface area contributed by atoms with Crippen molar-refractivity contribution in [1.82, 2.24) is 0 Å². The third kappa shape index (κ3) is 7.70. The van der Waals surface area contributed by atoms with Gasteiger partial charge in [-0.25, -0.2) is 0 Å². The Hall–Kier alpha value is -2.55. The number of carbonyl (C=O) groups is 1. The van der Waals surface area contributed by atoms with E-state index in [1.807, 2.05) is 13.0 Å². The molecule has 2 aromatic carbocycles. The summed E-state index contributed by atoms with van der Waals surface area (Å²) in [6.07, 6.45) is 10.4. The van der Waals surface area contributed by atoms with Crippen LogP contribution in [0.25, 0.3) is 0 Å². The van der Waals surface area contributed by atoms with Crippen LogP contribution in [0, 0.1) is 5.92 Å². The number of allylic oxidation sites excluding steroid dienone is 2. The number of carbonyl (C=O) groups excluding carboxylic acids is 1. The molecule has 1 aliphatic rings. The van der Waals surface area contributed by atoms with Crippen molar-refractivity contribution in [1.29, 1.82) is 0 Å². The number of ether oxygens (including phenoxy) is 2. The van der Waals surface area contributed by atoms with Crippen LogP contribution in [0.2, 0.25) is 0 Å². The Morgan fingerprint density at radius 3 is 2.53 bits per heavy atom. The highest BCUT2D eigenvalue weighted by Crippen LogP contribution is 2.28. The zero-order valence-corrected chi connectivity index (χ0v) is 18.1. The van der Waals surface area contributed by atoms with Crippen molar-refractivity contribution in [2.75, 3.05) is 13.2 Å². The Morgan fingerprint density at radius 2 is 1.77 bits per heavy atom. The summed E-state index contributed by atoms with van der Waals surface area (Å²) < 4.78 is 11.0. The van der Waals surface area contributed by atoms with Crippen molar-refractivity contribution in [2.45, 2.75) is 58.3 Å². The SMILES string of the molecule is CCOC(=O)CC1CCC=C(CCCOc2ccc(Cc3ccccc3)cc2)CC1. The molecule has 3 rings (SSSR count). The zero-order valence-electron chi connectivity index (χ0n) is 18.1. The third-order valence-electron chi connectivity index (χ3n) is 5.73. The van der Waals surface area contributed by atoms with E-state index in [9.17, 15) is 4.79 Å². The van der Waals surface area contributed by atoms with Crippen LogP contribution in [-0.4, -0.2) is 19.2 Å². The minimum Gasteiger partial charge on any atom is -0.494 e. The molecule has 2 aromatic rings. The Kier molecular flexibility index (Phi) is 9.02. The minimum atomic E-state index is -0.0471. The molecule has 0 saturated carbocycles. The van der Waals surface area contributed by atoms with Gasteiger partial charge in [0.1, 0.15) is 5.75 Å². The van der Waals surface area contributed by atoms with Crippen molar-refractivity contribution in [2.24, 2.45) is 5.92 Å². The van der Waals surface area contributed by atoms with Gasteiger partial charge in [0.15, 0.2) is 0 Å². The van der Waals surface area contributed by atoms with E-state index >= 15 is 0 Å². The molecule has 0 heterocycles. The molecule has 1 aliphatic carbocycles. The van der Waals surface area contributed by atoms with Gasteiger partial charge in [-0.2, -0.15) is 0 Å². The summed E-state index contributed by atoms with van der Waals surface area (Å²) >= 11 is 0. The Morgan fingerprint density at radius 1 is 1.00 bits per heavy atom. The first-order valence-electron chi connectivity index (χ1n) is 11.3. The first-order chi connectivity index (χ1) is 14.7. The molecule has 0 spiro atoms. The van der Waals surface area contributed by atoms with Crippen molar-refractivity contribution >= 4 is 5.97 Å². The van der Waals surface area contributed by atoms with Crippen LogP contribution in [0.15, 0.2) is 66.2 Å². The maximum Gasteiger partial charge on any atom is 0.306 e. The topological polar surface area (TPSA) is 35.5 Å². The molecule has 0 aromatic heterocycles. The lowest BCUT2D eigenvalue weighted by molar-refractivity contribution is -0.144. The van der Waals surface area contributed by atoms with E-state index in [0.717, 1.165) is 57.3 Å². The number of rotatable bonds is 10. The highest BCUT2D eigenvalue weighted by molar-refractivity contribution is 5.69. The van der Waals surface area contributed by atoms with Crippen LogP contribution in [-0.2, 0) is 16.0 Å². The second kappa shape index (κ2) is 12.2. The average Bonchev–Trinajstić information content (AvgIpc) is 2.98. The van der Waals surface area contributed by atoms with Gasteiger partial charge in [0, 0.05) is 6.42 Å². The average molecular weight is 407 g/mol. The fourth-order valence-electron chi connectivity index (χ4n) is 4.07. The van der Waals surface area contributed by atoms with Crippen molar-refractivity contribution in [3.05, 3.63) is 77.4 Å². The second-order valence-corrected chi connectivity index (χ2v) is 8.11. The molecule has 1 unspecified atom stereocenters. The fraction of sp³-hybridized carbons (Fsp3) is 0.444. The lowest BCUT2D eigenvalue weighted by Crippen LogP contribution is -2.11. The highest BCUT2D eigenvalue weighted by Gasteiger charge is 2.17. The molecule has 1 atom stereocenters. The van der Waals surface area contributed by atoms with E-state index < -0.39 is 0 Å². The summed E-state index contributed by atoms with van der Waals surface area (Å²) in [6, 6.07) is 19.0. The van der Waals surface area contributed by atoms with Gasteiger partial charge in [-0.3, -0.25) is 4.79 Å². The van der Waals surface area contributed by atoms with Gasteiger partial charge in [0.05, 0.1) is 13.2 Å². The molecular weight excluding hydrogens is 372 g/mol. The molecular formula is C27H34O3. The van der Waals surface area contributed by atoms with Crippen LogP contribution in [0.4, 0.5) is 0 Å². The molecule has 30 heavy (non-hydrogen) atoms. The summed E-state index contributed by atoms with van der Waals surface area (Å²) in [5.41, 5.74) is 4.14. The van der Waals surface area contributed by atoms with Crippen molar-refractivity contribution < 1.29 is 14.3 Å². The lowest BCUT2D eigenvalue weighted by atomic mass is 9.95. The predicted octanol–water partition coefficient (Wildman–Crippen LogP) is 6.51. The third-order valence-corrected chi connectivity index (χ3v) is 5.73. The van der Waals surface area contributed by atoms with Gasteiger partial charge in [-0.1, -0.05) is 54.1 Å². The van der Waals surface area contributed by atoms with Crippen LogP contribution >= 0.6 is 0 Å². The first kappa shape index (κ1) is 22.1. The zero-order chi connectivity index (χ0) is 21.0. The number of hydrogen-bond acceptors (Lipinski definition) is 3. The Balaban J connectivity index is 1.34. The quantitative estimate of drug-likeness (QED) is 0.256. The second-order valence-electron chi connectivity index (χ2n) is 8.11. The van der Waals surface area contributed by atoms with E-state index in [-0.39, 0.29) is 5.97 Å². The van der Waals surface area contributed by atoms with E-state index in [1.54, 1.807) is 0 Å². The number of benzene rings is 2. The smallest absolute Gasteiger partial charge is 0.306 e. The van der Waals surface area contributed by atoms with Gasteiger partial charge in [0.2, 0.25) is 0 Å². The van der Waals surface area contributed by atoms with Gasteiger partial charge < -0.3 is 9.47 Å². The van der Waals surface area contributed by atoms with E-state index in [2.05, 4.69) is 54.6 Å². The summed E-state index contributed by atoms with van der Waals surface area (Å²) in [6.45, 7) is 3.08. The molecule has 0 N–H and O–H groups in total. The van der Waals surface area contributed by atoms with Crippen molar-refractivity contribution in [3.63, 3.8) is 0 Å². The van der Waals surface area contributed by atoms with Crippen LogP contribution in [0.5, 0.6) is 5.75 Å². The summed E-state index contributed by atoms with van der Waals surface area (Å²) in [5, 5.41) is 0. The number of esters is 1. The predicted molar refractivity (Wildman–Crippen MR) is 122 cm³/mol. The summed E-state index contributed by atoms with van der Waals surface area (Å²) in [5.74, 6) is 1.36. The van der Waals surface area contributed by atoms with Crippen LogP contribution < -0.4 is 4.74 Å². The Bertz CT molecular complexity index is 793. The van der Waals surface area contributed by atoms with Crippen LogP contribution in [0.3, 0.4) is 0 Å². The normalized spacial score (nSPS) is 16.4. The Labute approximate surface area is 181 Å². The molecule has 3 nitrogen and oxygen atoms in total. The molecule has 0 saturated heterocycles. The van der Waals surface area contributed by atoms with E-state index in [1.165, 1.54) is 16.7 Å². The lowest BCUT2D eigenvalue weighted by Gasteiger charge is -2.13. The highest BCUT2D eigenvalue weighted by atomic mass is 16.5. The maximum absolute atomic E-state index is 11.7. The van der Waals surface area contributed by atoms with Crippen molar-refractivity contribution in [3.8, 4) is 5.75 Å². The van der Waals surface area contributed by atoms with E-state index in [4.69, 9.17) is 9.47 Å². The molecule has 0 bridgehead atoms. The fourth-order valence-corrected chi connectivity index (χ4v) is 4.07.